The Morgan fingerprint density at radius 3 is 2.78 bits per heavy atom. The number of amides is 1. The first kappa shape index (κ1) is 18.4. The van der Waals surface area contributed by atoms with E-state index in [4.69, 9.17) is 4.98 Å². The minimum Gasteiger partial charge on any atom is -0.328 e. The number of nitrogens with zero attached hydrogens (tertiary/aromatic N) is 3. The van der Waals surface area contributed by atoms with Gasteiger partial charge in [0.05, 0.1) is 17.3 Å². The van der Waals surface area contributed by atoms with Crippen molar-refractivity contribution in [1.29, 1.82) is 0 Å². The van der Waals surface area contributed by atoms with Gasteiger partial charge in [0.25, 0.3) is 0 Å². The summed E-state index contributed by atoms with van der Waals surface area (Å²) in [5.41, 5.74) is 2.65. The number of imidazole rings is 1. The molecule has 8 heteroatoms. The van der Waals surface area contributed by atoms with Gasteiger partial charge < -0.3 is 9.88 Å². The van der Waals surface area contributed by atoms with E-state index in [1.165, 1.54) is 23.4 Å². The van der Waals surface area contributed by atoms with Crippen molar-refractivity contribution < 1.29 is 13.2 Å². The van der Waals surface area contributed by atoms with E-state index in [0.717, 1.165) is 49.1 Å². The van der Waals surface area contributed by atoms with E-state index in [-0.39, 0.29) is 5.91 Å². The molecule has 0 saturated carbocycles. The summed E-state index contributed by atoms with van der Waals surface area (Å²) in [5.74, 6) is 0.849. The standard InChI is InChI=1S/C19H26N4O3S/c1-27(25,26)23-12-6-4-7-17(23)19(24)20-14-9-10-16-15(13-14)21-18-8-3-2-5-11-22(16)18/h9-10,13,17H,2-8,11-12H2,1H3,(H,20,24)/t17-/m0/s1. The molecule has 146 valence electrons. The lowest BCUT2D eigenvalue weighted by Gasteiger charge is -2.32. The van der Waals surface area contributed by atoms with Crippen molar-refractivity contribution in [2.24, 2.45) is 0 Å². The van der Waals surface area contributed by atoms with Crippen molar-refractivity contribution in [3.8, 4) is 0 Å². The third-order valence-corrected chi connectivity index (χ3v) is 6.85. The molecule has 1 fully saturated rings. The Bertz CT molecular complexity index is 967. The van der Waals surface area contributed by atoms with Crippen molar-refractivity contribution in [1.82, 2.24) is 13.9 Å². The number of fused-ring (bicyclic) bond motifs is 3. The van der Waals surface area contributed by atoms with Crippen LogP contribution in [0, 0.1) is 0 Å². The molecule has 7 nitrogen and oxygen atoms in total. The second-order valence-corrected chi connectivity index (χ2v) is 9.50. The van der Waals surface area contributed by atoms with Gasteiger partial charge in [0.1, 0.15) is 11.9 Å². The van der Waals surface area contributed by atoms with Crippen LogP contribution in [0.3, 0.4) is 0 Å². The van der Waals surface area contributed by atoms with E-state index in [9.17, 15) is 13.2 Å². The number of carbonyl (C=O) groups is 1. The van der Waals surface area contributed by atoms with Crippen LogP contribution in [-0.4, -0.2) is 47.0 Å². The third kappa shape index (κ3) is 3.73. The van der Waals surface area contributed by atoms with E-state index in [1.54, 1.807) is 0 Å². The molecule has 4 rings (SSSR count). The Morgan fingerprint density at radius 1 is 1.15 bits per heavy atom. The summed E-state index contributed by atoms with van der Waals surface area (Å²) in [6.07, 6.45) is 7.93. The molecule has 1 saturated heterocycles. The summed E-state index contributed by atoms with van der Waals surface area (Å²) in [5, 5.41) is 2.90. The van der Waals surface area contributed by atoms with Crippen LogP contribution in [0.4, 0.5) is 5.69 Å². The zero-order chi connectivity index (χ0) is 19.0. The fourth-order valence-electron chi connectivity index (χ4n) is 4.22. The summed E-state index contributed by atoms with van der Waals surface area (Å²) in [6.45, 7) is 1.40. The number of nitrogens with one attached hydrogen (secondary N) is 1. The molecule has 0 unspecified atom stereocenters. The molecule has 1 N–H and O–H groups in total. The average molecular weight is 391 g/mol. The monoisotopic (exact) mass is 390 g/mol. The highest BCUT2D eigenvalue weighted by atomic mass is 32.2. The number of aromatic nitrogens is 2. The summed E-state index contributed by atoms with van der Waals surface area (Å²) in [7, 11) is -3.40. The summed E-state index contributed by atoms with van der Waals surface area (Å²) >= 11 is 0. The van der Waals surface area contributed by atoms with E-state index >= 15 is 0 Å². The second-order valence-electron chi connectivity index (χ2n) is 7.57. The first-order valence-electron chi connectivity index (χ1n) is 9.70. The number of sulfonamides is 1. The Hall–Kier alpha value is -1.93. The second kappa shape index (κ2) is 7.24. The predicted molar refractivity (Wildman–Crippen MR) is 105 cm³/mol. The molecule has 0 radical (unpaired) electrons. The smallest absolute Gasteiger partial charge is 0.242 e. The van der Waals surface area contributed by atoms with Crippen LogP contribution in [0.25, 0.3) is 11.0 Å². The summed E-state index contributed by atoms with van der Waals surface area (Å²) < 4.78 is 27.6. The highest BCUT2D eigenvalue weighted by Crippen LogP contribution is 2.26. The molecule has 0 aliphatic carbocycles. The van der Waals surface area contributed by atoms with Crippen molar-refractivity contribution in [3.05, 3.63) is 24.0 Å². The van der Waals surface area contributed by atoms with Crippen molar-refractivity contribution in [2.75, 3.05) is 18.1 Å². The van der Waals surface area contributed by atoms with Crippen LogP contribution in [0.2, 0.25) is 0 Å². The first-order valence-corrected chi connectivity index (χ1v) is 11.6. The predicted octanol–water partition coefficient (Wildman–Crippen LogP) is 2.52. The Balaban J connectivity index is 1.57. The first-order chi connectivity index (χ1) is 12.9. The Kier molecular flexibility index (Phi) is 4.94. The fourth-order valence-corrected chi connectivity index (χ4v) is 5.34. The molecule has 3 heterocycles. The van der Waals surface area contributed by atoms with Gasteiger partial charge in [0, 0.05) is 25.2 Å². The molecule has 0 spiro atoms. The van der Waals surface area contributed by atoms with Crippen molar-refractivity contribution >= 4 is 32.7 Å². The molecule has 1 aromatic heterocycles. The molecule has 1 amide bonds. The van der Waals surface area contributed by atoms with Gasteiger partial charge in [0.15, 0.2) is 0 Å². The highest BCUT2D eigenvalue weighted by molar-refractivity contribution is 7.88. The molecule has 27 heavy (non-hydrogen) atoms. The number of benzene rings is 1. The van der Waals surface area contributed by atoms with Crippen LogP contribution in [0.1, 0.15) is 44.3 Å². The largest absolute Gasteiger partial charge is 0.328 e. The number of hydrogen-bond donors (Lipinski definition) is 1. The lowest BCUT2D eigenvalue weighted by atomic mass is 10.0. The number of piperidine rings is 1. The molecule has 0 bridgehead atoms. The van der Waals surface area contributed by atoms with Crippen LogP contribution >= 0.6 is 0 Å². The normalized spacial score (nSPS) is 21.6. The maximum absolute atomic E-state index is 12.8. The van der Waals surface area contributed by atoms with Gasteiger partial charge in [-0.25, -0.2) is 13.4 Å². The topological polar surface area (TPSA) is 84.3 Å². The molecule has 1 aromatic carbocycles. The zero-order valence-electron chi connectivity index (χ0n) is 15.6. The van der Waals surface area contributed by atoms with Crippen molar-refractivity contribution in [3.63, 3.8) is 0 Å². The third-order valence-electron chi connectivity index (χ3n) is 5.56. The van der Waals surface area contributed by atoms with Crippen LogP contribution in [0.15, 0.2) is 18.2 Å². The van der Waals surface area contributed by atoms with Crippen LogP contribution in [0.5, 0.6) is 0 Å². The minimum atomic E-state index is -3.40. The van der Waals surface area contributed by atoms with Gasteiger partial charge in [-0.2, -0.15) is 4.31 Å². The van der Waals surface area contributed by atoms with E-state index in [2.05, 4.69) is 9.88 Å². The summed E-state index contributed by atoms with van der Waals surface area (Å²) in [4.78, 5) is 17.5. The average Bonchev–Trinajstić information content (AvgIpc) is 2.81. The lowest BCUT2D eigenvalue weighted by Crippen LogP contribution is -2.49. The fraction of sp³-hybridized carbons (Fsp3) is 0.579. The van der Waals surface area contributed by atoms with Gasteiger partial charge in [-0.3, -0.25) is 4.79 Å². The van der Waals surface area contributed by atoms with Crippen LogP contribution in [-0.2, 0) is 27.8 Å². The molecular formula is C19H26N4O3S. The maximum Gasteiger partial charge on any atom is 0.242 e. The number of hydrogen-bond acceptors (Lipinski definition) is 4. The number of rotatable bonds is 3. The van der Waals surface area contributed by atoms with Gasteiger partial charge in [-0.05, 0) is 43.9 Å². The molecule has 2 aliphatic heterocycles. The van der Waals surface area contributed by atoms with E-state index in [0.29, 0.717) is 18.7 Å². The van der Waals surface area contributed by atoms with Gasteiger partial charge in [-0.1, -0.05) is 12.8 Å². The zero-order valence-corrected chi connectivity index (χ0v) is 16.5. The van der Waals surface area contributed by atoms with Gasteiger partial charge in [-0.15, -0.1) is 0 Å². The maximum atomic E-state index is 12.8. The number of carbonyl (C=O) groups excluding carboxylic acids is 1. The van der Waals surface area contributed by atoms with Crippen molar-refractivity contribution in [2.45, 2.75) is 57.5 Å². The summed E-state index contributed by atoms with van der Waals surface area (Å²) in [6, 6.07) is 5.14. The highest BCUT2D eigenvalue weighted by Gasteiger charge is 2.34. The van der Waals surface area contributed by atoms with Gasteiger partial charge in [0.2, 0.25) is 15.9 Å². The number of aryl methyl sites for hydroxylation is 2. The Labute approximate surface area is 159 Å². The quantitative estimate of drug-likeness (QED) is 0.873. The minimum absolute atomic E-state index is 0.264. The SMILES string of the molecule is CS(=O)(=O)N1CCCC[C@H]1C(=O)Nc1ccc2c(c1)nc1n2CCCCC1. The molecule has 1 atom stereocenters. The van der Waals surface area contributed by atoms with Crippen LogP contribution < -0.4 is 5.32 Å². The van der Waals surface area contributed by atoms with Gasteiger partial charge >= 0.3 is 0 Å². The molecule has 2 aliphatic rings. The Morgan fingerprint density at radius 2 is 1.96 bits per heavy atom. The van der Waals surface area contributed by atoms with E-state index in [1.807, 2.05) is 18.2 Å². The number of anilines is 1. The van der Waals surface area contributed by atoms with E-state index < -0.39 is 16.1 Å². The molecular weight excluding hydrogens is 364 g/mol. The lowest BCUT2D eigenvalue weighted by molar-refractivity contribution is -0.120. The molecule has 2 aromatic rings.